The zero-order valence-corrected chi connectivity index (χ0v) is 13.4. The van der Waals surface area contributed by atoms with Crippen molar-refractivity contribution < 1.29 is 0 Å². The summed E-state index contributed by atoms with van der Waals surface area (Å²) in [7, 11) is 0. The molecule has 0 aliphatic carbocycles. The van der Waals surface area contributed by atoms with Gasteiger partial charge in [-0.3, -0.25) is 0 Å². The number of hydrogen-bond donors (Lipinski definition) is 1. The minimum Gasteiger partial charge on any atom is -0.313 e. The van der Waals surface area contributed by atoms with Crippen molar-refractivity contribution in [2.75, 3.05) is 31.1 Å². The van der Waals surface area contributed by atoms with Crippen molar-refractivity contribution in [3.05, 3.63) is 0 Å². The Bertz CT molecular complexity index is 265. The summed E-state index contributed by atoms with van der Waals surface area (Å²) in [5.41, 5.74) is 0.528. The molecule has 2 aliphatic rings. The molecule has 0 aromatic rings. The Morgan fingerprint density at radius 3 is 2.78 bits per heavy atom. The van der Waals surface area contributed by atoms with E-state index in [-0.39, 0.29) is 0 Å². The summed E-state index contributed by atoms with van der Waals surface area (Å²) >= 11 is 2.12. The van der Waals surface area contributed by atoms with Crippen LogP contribution in [-0.4, -0.2) is 48.1 Å². The van der Waals surface area contributed by atoms with Crippen LogP contribution in [0, 0.1) is 11.3 Å². The number of nitrogens with zero attached hydrogens (tertiary/aromatic N) is 1. The molecule has 2 fully saturated rings. The van der Waals surface area contributed by atoms with E-state index >= 15 is 0 Å². The molecule has 2 rings (SSSR count). The van der Waals surface area contributed by atoms with E-state index in [0.717, 1.165) is 18.0 Å². The molecular weight excluding hydrogens is 240 g/mol. The Balaban J connectivity index is 1.69. The van der Waals surface area contributed by atoms with Crippen LogP contribution in [0.1, 0.15) is 40.5 Å². The molecule has 2 saturated heterocycles. The smallest absolute Gasteiger partial charge is 0.0163 e. The monoisotopic (exact) mass is 270 g/mol. The molecule has 3 heteroatoms. The van der Waals surface area contributed by atoms with Gasteiger partial charge in [-0.15, -0.1) is 0 Å². The van der Waals surface area contributed by atoms with Crippen LogP contribution in [0.25, 0.3) is 0 Å². The van der Waals surface area contributed by atoms with E-state index < -0.39 is 0 Å². The van der Waals surface area contributed by atoms with Crippen LogP contribution in [-0.2, 0) is 0 Å². The fourth-order valence-electron chi connectivity index (χ4n) is 3.23. The highest BCUT2D eigenvalue weighted by Gasteiger charge is 2.29. The summed E-state index contributed by atoms with van der Waals surface area (Å²) < 4.78 is 0. The van der Waals surface area contributed by atoms with E-state index in [9.17, 15) is 0 Å². The predicted molar refractivity (Wildman–Crippen MR) is 82.3 cm³/mol. The van der Waals surface area contributed by atoms with Crippen LogP contribution in [0.5, 0.6) is 0 Å². The molecular formula is C15H30N2S. The Hall–Kier alpha value is 0.270. The van der Waals surface area contributed by atoms with E-state index in [1.807, 2.05) is 0 Å². The van der Waals surface area contributed by atoms with Crippen LogP contribution in [0.3, 0.4) is 0 Å². The van der Waals surface area contributed by atoms with E-state index in [4.69, 9.17) is 0 Å². The Morgan fingerprint density at radius 2 is 2.17 bits per heavy atom. The second-order valence-electron chi connectivity index (χ2n) is 7.23. The van der Waals surface area contributed by atoms with Gasteiger partial charge in [-0.2, -0.15) is 11.8 Å². The number of nitrogens with one attached hydrogen (secondary N) is 1. The average molecular weight is 270 g/mol. The van der Waals surface area contributed by atoms with Crippen LogP contribution >= 0.6 is 11.8 Å². The lowest BCUT2D eigenvalue weighted by Crippen LogP contribution is -2.42. The third-order valence-electron chi connectivity index (χ3n) is 4.35. The van der Waals surface area contributed by atoms with E-state index in [2.05, 4.69) is 49.7 Å². The maximum absolute atomic E-state index is 3.83. The summed E-state index contributed by atoms with van der Waals surface area (Å²) in [4.78, 5) is 2.62. The first-order valence-corrected chi connectivity index (χ1v) is 8.67. The highest BCUT2D eigenvalue weighted by atomic mass is 32.2. The molecule has 18 heavy (non-hydrogen) atoms. The number of likely N-dealkylation sites (tertiary alicyclic amines) is 1. The number of thioether (sulfide) groups is 1. The van der Waals surface area contributed by atoms with Gasteiger partial charge in [0.2, 0.25) is 0 Å². The molecule has 0 bridgehead atoms. The molecule has 2 nitrogen and oxygen atoms in total. The molecule has 0 aromatic heterocycles. The summed E-state index contributed by atoms with van der Waals surface area (Å²) in [5, 5.41) is 3.83. The second kappa shape index (κ2) is 6.15. The van der Waals surface area contributed by atoms with Crippen molar-refractivity contribution in [2.45, 2.75) is 52.6 Å². The Kier molecular flexibility index (Phi) is 5.01. The molecule has 0 saturated carbocycles. The first-order chi connectivity index (χ1) is 8.46. The summed E-state index contributed by atoms with van der Waals surface area (Å²) in [5.74, 6) is 3.52. The molecule has 1 N–H and O–H groups in total. The Morgan fingerprint density at radius 1 is 1.39 bits per heavy atom. The van der Waals surface area contributed by atoms with Gasteiger partial charge in [0, 0.05) is 24.4 Å². The first kappa shape index (κ1) is 14.7. The third kappa shape index (κ3) is 4.14. The quantitative estimate of drug-likeness (QED) is 0.846. The van der Waals surface area contributed by atoms with Gasteiger partial charge in [0.15, 0.2) is 0 Å². The van der Waals surface area contributed by atoms with Crippen LogP contribution in [0.15, 0.2) is 0 Å². The topological polar surface area (TPSA) is 15.3 Å². The summed E-state index contributed by atoms with van der Waals surface area (Å²) in [6, 6.07) is 1.46. The van der Waals surface area contributed by atoms with Gasteiger partial charge in [0.1, 0.15) is 0 Å². The Labute approximate surface area is 117 Å². The van der Waals surface area contributed by atoms with Gasteiger partial charge in [-0.25, -0.2) is 0 Å². The summed E-state index contributed by atoms with van der Waals surface area (Å²) in [6.07, 6.45) is 2.73. The maximum Gasteiger partial charge on any atom is 0.0163 e. The molecule has 0 radical (unpaired) electrons. The molecule has 2 aliphatic heterocycles. The minimum atomic E-state index is 0.528. The zero-order chi connectivity index (χ0) is 13.2. The molecule has 0 amide bonds. The normalized spacial score (nSPS) is 33.2. The van der Waals surface area contributed by atoms with Crippen LogP contribution in [0.4, 0.5) is 0 Å². The van der Waals surface area contributed by atoms with Crippen molar-refractivity contribution in [2.24, 2.45) is 11.3 Å². The van der Waals surface area contributed by atoms with Crippen molar-refractivity contribution in [1.29, 1.82) is 0 Å². The van der Waals surface area contributed by atoms with Gasteiger partial charge in [0.25, 0.3) is 0 Å². The maximum atomic E-state index is 3.83. The largest absolute Gasteiger partial charge is 0.313 e. The van der Waals surface area contributed by atoms with Gasteiger partial charge in [-0.1, -0.05) is 13.8 Å². The standard InChI is InChI=1S/C15H30N2S/c1-12(2)17-6-5-13(9-17)8-16-14-7-15(3,4)11-18-10-14/h12-14,16H,5-11H2,1-4H3. The van der Waals surface area contributed by atoms with Crippen LogP contribution in [0.2, 0.25) is 0 Å². The number of hydrogen-bond acceptors (Lipinski definition) is 3. The van der Waals surface area contributed by atoms with Crippen molar-refractivity contribution in [3.63, 3.8) is 0 Å². The van der Waals surface area contributed by atoms with Gasteiger partial charge >= 0.3 is 0 Å². The zero-order valence-electron chi connectivity index (χ0n) is 12.5. The molecule has 2 atom stereocenters. The fourth-order valence-corrected chi connectivity index (χ4v) is 4.53. The van der Waals surface area contributed by atoms with Gasteiger partial charge in [-0.05, 0) is 56.9 Å². The average Bonchev–Trinajstić information content (AvgIpc) is 2.74. The third-order valence-corrected chi connectivity index (χ3v) is 5.98. The summed E-state index contributed by atoms with van der Waals surface area (Å²) in [6.45, 7) is 13.3. The minimum absolute atomic E-state index is 0.528. The highest BCUT2D eigenvalue weighted by molar-refractivity contribution is 7.99. The number of rotatable bonds is 4. The lowest BCUT2D eigenvalue weighted by atomic mass is 9.87. The molecule has 106 valence electrons. The molecule has 0 spiro atoms. The first-order valence-electron chi connectivity index (χ1n) is 7.51. The van der Waals surface area contributed by atoms with Crippen molar-refractivity contribution >= 4 is 11.8 Å². The lowest BCUT2D eigenvalue weighted by Gasteiger charge is -2.35. The van der Waals surface area contributed by atoms with Gasteiger partial charge in [0.05, 0.1) is 0 Å². The van der Waals surface area contributed by atoms with Crippen molar-refractivity contribution in [3.8, 4) is 0 Å². The van der Waals surface area contributed by atoms with E-state index in [1.54, 1.807) is 0 Å². The van der Waals surface area contributed by atoms with Gasteiger partial charge < -0.3 is 10.2 Å². The second-order valence-corrected chi connectivity index (χ2v) is 8.26. The molecule has 2 heterocycles. The highest BCUT2D eigenvalue weighted by Crippen LogP contribution is 2.33. The molecule has 2 unspecified atom stereocenters. The van der Waals surface area contributed by atoms with E-state index in [1.165, 1.54) is 44.0 Å². The lowest BCUT2D eigenvalue weighted by molar-refractivity contribution is 0.259. The SMILES string of the molecule is CC(C)N1CCC(CNC2CSCC(C)(C)C2)C1. The van der Waals surface area contributed by atoms with Crippen LogP contribution < -0.4 is 5.32 Å². The molecule has 0 aromatic carbocycles. The van der Waals surface area contributed by atoms with Crippen molar-refractivity contribution in [1.82, 2.24) is 10.2 Å². The fraction of sp³-hybridized carbons (Fsp3) is 1.00. The predicted octanol–water partition coefficient (Wildman–Crippen LogP) is 2.84. The van der Waals surface area contributed by atoms with E-state index in [0.29, 0.717) is 5.41 Å².